The molecule has 0 unspecified atom stereocenters. The van der Waals surface area contributed by atoms with Gasteiger partial charge in [0.05, 0.1) is 5.69 Å². The van der Waals surface area contributed by atoms with E-state index in [2.05, 4.69) is 10.6 Å². The summed E-state index contributed by atoms with van der Waals surface area (Å²) >= 11 is 0. The molecule has 24 heavy (non-hydrogen) atoms. The lowest BCUT2D eigenvalue weighted by Gasteiger charge is -2.11. The van der Waals surface area contributed by atoms with Gasteiger partial charge < -0.3 is 21.1 Å². The number of anilines is 1. The normalized spacial score (nSPS) is 10.4. The van der Waals surface area contributed by atoms with Crippen molar-refractivity contribution in [1.82, 2.24) is 10.6 Å². The predicted molar refractivity (Wildman–Crippen MR) is 96.9 cm³/mol. The number of ether oxygens (including phenoxy) is 1. The van der Waals surface area contributed by atoms with Crippen LogP contribution in [-0.4, -0.2) is 25.5 Å². The molecule has 0 aromatic heterocycles. The minimum absolute atomic E-state index is 0.00401. The van der Waals surface area contributed by atoms with Crippen LogP contribution in [0.25, 0.3) is 0 Å². The third-order valence-corrected chi connectivity index (χ3v) is 3.58. The second kappa shape index (κ2) is 9.57. The molecule has 2 rings (SSSR count). The molecule has 0 aliphatic carbocycles. The van der Waals surface area contributed by atoms with Crippen LogP contribution in [-0.2, 0) is 17.8 Å². The van der Waals surface area contributed by atoms with Gasteiger partial charge in [0.15, 0.2) is 0 Å². The molecular weight excluding hydrogens is 302 g/mol. The summed E-state index contributed by atoms with van der Waals surface area (Å²) in [4.78, 5) is 10.7. The van der Waals surface area contributed by atoms with E-state index in [1.807, 2.05) is 48.5 Å². The van der Waals surface area contributed by atoms with Crippen LogP contribution < -0.4 is 21.1 Å². The van der Waals surface area contributed by atoms with E-state index >= 15 is 0 Å². The predicted octanol–water partition coefficient (Wildman–Crippen LogP) is 2.12. The molecule has 4 N–H and O–H groups in total. The average molecular weight is 327 g/mol. The highest BCUT2D eigenvalue weighted by atomic mass is 16.5. The first-order valence-corrected chi connectivity index (χ1v) is 8.15. The van der Waals surface area contributed by atoms with Crippen LogP contribution in [0.5, 0.6) is 5.75 Å². The van der Waals surface area contributed by atoms with Crippen molar-refractivity contribution in [3.8, 4) is 5.75 Å². The summed E-state index contributed by atoms with van der Waals surface area (Å²) in [5.74, 6) is 0.705. The summed E-state index contributed by atoms with van der Waals surface area (Å²) < 4.78 is 5.78. The topological polar surface area (TPSA) is 76.4 Å². The lowest BCUT2D eigenvalue weighted by molar-refractivity contribution is -0.118. The van der Waals surface area contributed by atoms with Gasteiger partial charge in [-0.25, -0.2) is 0 Å². The number of rotatable bonds is 9. The van der Waals surface area contributed by atoms with E-state index in [1.165, 1.54) is 6.92 Å². The van der Waals surface area contributed by atoms with Crippen LogP contribution >= 0.6 is 0 Å². The Bertz CT molecular complexity index is 644. The van der Waals surface area contributed by atoms with E-state index in [4.69, 9.17) is 10.5 Å². The number of nitrogens with two attached hydrogens (primary N) is 1. The number of hydrogen-bond donors (Lipinski definition) is 3. The fourth-order valence-corrected chi connectivity index (χ4v) is 2.30. The van der Waals surface area contributed by atoms with Crippen LogP contribution in [0.2, 0.25) is 0 Å². The minimum Gasteiger partial charge on any atom is -0.487 e. The van der Waals surface area contributed by atoms with Crippen LogP contribution in [0.3, 0.4) is 0 Å². The first kappa shape index (κ1) is 17.8. The Kier molecular flexibility index (Phi) is 7.11. The van der Waals surface area contributed by atoms with E-state index in [0.29, 0.717) is 24.6 Å². The van der Waals surface area contributed by atoms with Crippen molar-refractivity contribution in [2.45, 2.75) is 20.0 Å². The van der Waals surface area contributed by atoms with Gasteiger partial charge >= 0.3 is 0 Å². The van der Waals surface area contributed by atoms with Gasteiger partial charge in [-0.05, 0) is 36.2 Å². The number of carbonyl (C=O) groups is 1. The quantitative estimate of drug-likeness (QED) is 0.487. The SMILES string of the molecule is CC(=O)NCCNCCc1ccc(OCc2ccccc2)c(N)c1. The molecule has 2 aromatic carbocycles. The number of amides is 1. The molecule has 2 aromatic rings. The summed E-state index contributed by atoms with van der Waals surface area (Å²) in [5, 5.41) is 6.03. The molecule has 0 bridgehead atoms. The zero-order chi connectivity index (χ0) is 17.2. The number of nitrogens with one attached hydrogen (secondary N) is 2. The molecule has 0 atom stereocenters. The summed E-state index contributed by atoms with van der Waals surface area (Å²) in [7, 11) is 0. The molecule has 0 saturated heterocycles. The highest BCUT2D eigenvalue weighted by molar-refractivity contribution is 5.72. The standard InChI is InChI=1S/C19H25N3O2/c1-15(23)22-12-11-21-10-9-16-7-8-19(18(20)13-16)24-14-17-5-3-2-4-6-17/h2-8,13,21H,9-12,14,20H2,1H3,(H,22,23). The zero-order valence-corrected chi connectivity index (χ0v) is 14.0. The van der Waals surface area contributed by atoms with Gasteiger partial charge in [-0.3, -0.25) is 4.79 Å². The van der Waals surface area contributed by atoms with E-state index in [9.17, 15) is 4.79 Å². The Labute approximate surface area is 143 Å². The van der Waals surface area contributed by atoms with Crippen molar-refractivity contribution in [3.63, 3.8) is 0 Å². The Balaban J connectivity index is 1.74. The number of carbonyl (C=O) groups excluding carboxylic acids is 1. The van der Waals surface area contributed by atoms with Gasteiger partial charge in [0.2, 0.25) is 5.91 Å². The van der Waals surface area contributed by atoms with Crippen molar-refractivity contribution in [1.29, 1.82) is 0 Å². The van der Waals surface area contributed by atoms with E-state index in [0.717, 1.165) is 30.6 Å². The number of hydrogen-bond acceptors (Lipinski definition) is 4. The van der Waals surface area contributed by atoms with Gasteiger partial charge in [-0.1, -0.05) is 36.4 Å². The van der Waals surface area contributed by atoms with Crippen molar-refractivity contribution in [3.05, 3.63) is 59.7 Å². The largest absolute Gasteiger partial charge is 0.487 e. The smallest absolute Gasteiger partial charge is 0.216 e. The molecule has 128 valence electrons. The molecule has 0 aliphatic rings. The molecule has 1 amide bonds. The molecule has 5 nitrogen and oxygen atoms in total. The van der Waals surface area contributed by atoms with Gasteiger partial charge in [0.25, 0.3) is 0 Å². The molecule has 0 radical (unpaired) electrons. The maximum absolute atomic E-state index is 10.7. The fraction of sp³-hybridized carbons (Fsp3) is 0.316. The van der Waals surface area contributed by atoms with Crippen LogP contribution in [0, 0.1) is 0 Å². The molecular formula is C19H25N3O2. The van der Waals surface area contributed by atoms with Crippen LogP contribution in [0.15, 0.2) is 48.5 Å². The van der Waals surface area contributed by atoms with E-state index in [-0.39, 0.29) is 5.91 Å². The maximum Gasteiger partial charge on any atom is 0.216 e. The Morgan fingerprint density at radius 3 is 2.54 bits per heavy atom. The van der Waals surface area contributed by atoms with Gasteiger partial charge in [0, 0.05) is 20.0 Å². The van der Waals surface area contributed by atoms with Crippen molar-refractivity contribution in [2.24, 2.45) is 0 Å². The van der Waals surface area contributed by atoms with Crippen LogP contribution in [0.1, 0.15) is 18.1 Å². The number of nitrogen functional groups attached to an aromatic ring is 1. The molecule has 0 saturated carbocycles. The lowest BCUT2D eigenvalue weighted by atomic mass is 10.1. The monoisotopic (exact) mass is 327 g/mol. The summed E-state index contributed by atoms with van der Waals surface area (Å²) in [5.41, 5.74) is 9.01. The summed E-state index contributed by atoms with van der Waals surface area (Å²) in [6.45, 7) is 4.26. The third kappa shape index (κ3) is 6.30. The van der Waals surface area contributed by atoms with Crippen molar-refractivity contribution >= 4 is 11.6 Å². The highest BCUT2D eigenvalue weighted by Gasteiger charge is 2.03. The first-order valence-electron chi connectivity index (χ1n) is 8.15. The average Bonchev–Trinajstić information content (AvgIpc) is 2.58. The molecule has 0 fully saturated rings. The Morgan fingerprint density at radius 2 is 1.83 bits per heavy atom. The molecule has 0 spiro atoms. The van der Waals surface area contributed by atoms with E-state index in [1.54, 1.807) is 0 Å². The van der Waals surface area contributed by atoms with Gasteiger partial charge in [-0.2, -0.15) is 0 Å². The maximum atomic E-state index is 10.7. The minimum atomic E-state index is -0.00401. The fourth-order valence-electron chi connectivity index (χ4n) is 2.30. The highest BCUT2D eigenvalue weighted by Crippen LogP contribution is 2.23. The summed E-state index contributed by atoms with van der Waals surface area (Å²) in [6, 6.07) is 15.9. The number of benzene rings is 2. The van der Waals surface area contributed by atoms with Crippen molar-refractivity contribution < 1.29 is 9.53 Å². The van der Waals surface area contributed by atoms with Crippen molar-refractivity contribution in [2.75, 3.05) is 25.4 Å². The Hall–Kier alpha value is -2.53. The van der Waals surface area contributed by atoms with E-state index < -0.39 is 0 Å². The summed E-state index contributed by atoms with van der Waals surface area (Å²) in [6.07, 6.45) is 0.878. The second-order valence-electron chi connectivity index (χ2n) is 5.63. The lowest BCUT2D eigenvalue weighted by Crippen LogP contribution is -2.31. The van der Waals surface area contributed by atoms with Crippen LogP contribution in [0.4, 0.5) is 5.69 Å². The van der Waals surface area contributed by atoms with Gasteiger partial charge in [-0.15, -0.1) is 0 Å². The molecule has 5 heteroatoms. The van der Waals surface area contributed by atoms with Gasteiger partial charge in [0.1, 0.15) is 12.4 Å². The zero-order valence-electron chi connectivity index (χ0n) is 14.0. The first-order chi connectivity index (χ1) is 11.6. The third-order valence-electron chi connectivity index (χ3n) is 3.58. The molecule has 0 aliphatic heterocycles. The molecule has 0 heterocycles. The second-order valence-corrected chi connectivity index (χ2v) is 5.63. The Morgan fingerprint density at radius 1 is 1.04 bits per heavy atom.